The molecular weight excluding hydrogens is 302 g/mol. The zero-order valence-corrected chi connectivity index (χ0v) is 14.1. The van der Waals surface area contributed by atoms with Crippen molar-refractivity contribution in [2.45, 2.75) is 39.7 Å². The highest BCUT2D eigenvalue weighted by Gasteiger charge is 2.19. The summed E-state index contributed by atoms with van der Waals surface area (Å²) >= 11 is 0. The molecular formula is C15H25N3O3S. The highest BCUT2D eigenvalue weighted by molar-refractivity contribution is 7.92. The van der Waals surface area contributed by atoms with Crippen LogP contribution in [0.2, 0.25) is 0 Å². The Morgan fingerprint density at radius 1 is 1.27 bits per heavy atom. The van der Waals surface area contributed by atoms with Crippen molar-refractivity contribution in [2.75, 3.05) is 15.8 Å². The van der Waals surface area contributed by atoms with Gasteiger partial charge in [-0.3, -0.25) is 9.52 Å². The van der Waals surface area contributed by atoms with Crippen LogP contribution in [-0.2, 0) is 14.8 Å². The molecule has 1 aromatic rings. The van der Waals surface area contributed by atoms with Crippen LogP contribution < -0.4 is 15.8 Å². The standard InChI is InChI=1S/C15H25N3O3S/c1-4-9-22(20,21)18-13-8-6-7-12(10-13)17-15(19)14(16)11(3)5-2/h6-8,10-11,14,18H,4-5,9,16H2,1-3H3,(H,17,19). The number of nitrogens with two attached hydrogens (primary N) is 1. The minimum absolute atomic E-state index is 0.0580. The van der Waals surface area contributed by atoms with Crippen molar-refractivity contribution in [3.05, 3.63) is 24.3 Å². The fraction of sp³-hybridized carbons (Fsp3) is 0.533. The van der Waals surface area contributed by atoms with Crippen LogP contribution in [-0.4, -0.2) is 26.1 Å². The van der Waals surface area contributed by atoms with E-state index in [4.69, 9.17) is 5.73 Å². The smallest absolute Gasteiger partial charge is 0.241 e. The number of carbonyl (C=O) groups is 1. The third-order valence-corrected chi connectivity index (χ3v) is 4.93. The first kappa shape index (κ1) is 18.4. The molecule has 6 nitrogen and oxygen atoms in total. The monoisotopic (exact) mass is 327 g/mol. The largest absolute Gasteiger partial charge is 0.325 e. The highest BCUT2D eigenvalue weighted by Crippen LogP contribution is 2.17. The Morgan fingerprint density at radius 2 is 1.91 bits per heavy atom. The fourth-order valence-corrected chi connectivity index (χ4v) is 3.02. The molecule has 1 rings (SSSR count). The third kappa shape index (κ3) is 5.65. The van der Waals surface area contributed by atoms with E-state index in [1.54, 1.807) is 31.2 Å². The predicted molar refractivity (Wildman–Crippen MR) is 90.2 cm³/mol. The molecule has 4 N–H and O–H groups in total. The van der Waals surface area contributed by atoms with E-state index in [0.29, 0.717) is 17.8 Å². The molecule has 0 saturated carbocycles. The van der Waals surface area contributed by atoms with Gasteiger partial charge < -0.3 is 11.1 Å². The lowest BCUT2D eigenvalue weighted by atomic mass is 9.99. The Hall–Kier alpha value is -1.60. The summed E-state index contributed by atoms with van der Waals surface area (Å²) in [4.78, 5) is 12.0. The van der Waals surface area contributed by atoms with E-state index in [0.717, 1.165) is 6.42 Å². The van der Waals surface area contributed by atoms with E-state index in [1.165, 1.54) is 0 Å². The number of hydrogen-bond acceptors (Lipinski definition) is 4. The second kappa shape index (κ2) is 8.14. The molecule has 0 bridgehead atoms. The Labute approximate surface area is 132 Å². The molecule has 0 spiro atoms. The van der Waals surface area contributed by atoms with Gasteiger partial charge in [0.05, 0.1) is 17.5 Å². The highest BCUT2D eigenvalue weighted by atomic mass is 32.2. The van der Waals surface area contributed by atoms with Crippen molar-refractivity contribution in [3.63, 3.8) is 0 Å². The fourth-order valence-electron chi connectivity index (χ4n) is 1.90. The summed E-state index contributed by atoms with van der Waals surface area (Å²) in [6.45, 7) is 5.69. The van der Waals surface area contributed by atoms with Crippen molar-refractivity contribution in [3.8, 4) is 0 Å². The molecule has 0 aliphatic carbocycles. The van der Waals surface area contributed by atoms with E-state index in [9.17, 15) is 13.2 Å². The van der Waals surface area contributed by atoms with Crippen molar-refractivity contribution in [1.82, 2.24) is 0 Å². The molecule has 0 aliphatic rings. The molecule has 0 radical (unpaired) electrons. The van der Waals surface area contributed by atoms with Crippen LogP contribution in [0.25, 0.3) is 0 Å². The van der Waals surface area contributed by atoms with E-state index in [-0.39, 0.29) is 17.6 Å². The van der Waals surface area contributed by atoms with Gasteiger partial charge in [0.25, 0.3) is 0 Å². The zero-order valence-electron chi connectivity index (χ0n) is 13.3. The maximum atomic E-state index is 12.0. The van der Waals surface area contributed by atoms with Crippen LogP contribution in [0.1, 0.15) is 33.6 Å². The van der Waals surface area contributed by atoms with Gasteiger partial charge >= 0.3 is 0 Å². The summed E-state index contributed by atoms with van der Waals surface area (Å²) in [6.07, 6.45) is 1.35. The van der Waals surface area contributed by atoms with E-state index < -0.39 is 16.1 Å². The summed E-state index contributed by atoms with van der Waals surface area (Å²) < 4.78 is 26.0. The Balaban J connectivity index is 2.78. The van der Waals surface area contributed by atoms with Gasteiger partial charge in [-0.15, -0.1) is 0 Å². The molecule has 0 aliphatic heterocycles. The molecule has 1 aromatic carbocycles. The molecule has 0 heterocycles. The number of nitrogens with one attached hydrogen (secondary N) is 2. The minimum Gasteiger partial charge on any atom is -0.325 e. The molecule has 7 heteroatoms. The van der Waals surface area contributed by atoms with Crippen LogP contribution in [0.5, 0.6) is 0 Å². The number of benzene rings is 1. The maximum Gasteiger partial charge on any atom is 0.241 e. The Bertz CT molecular complexity index is 602. The predicted octanol–water partition coefficient (Wildman–Crippen LogP) is 2.15. The minimum atomic E-state index is -3.35. The topological polar surface area (TPSA) is 101 Å². The number of carbonyl (C=O) groups excluding carboxylic acids is 1. The van der Waals surface area contributed by atoms with Crippen LogP contribution in [0.4, 0.5) is 11.4 Å². The number of rotatable bonds is 8. The van der Waals surface area contributed by atoms with Crippen LogP contribution >= 0.6 is 0 Å². The van der Waals surface area contributed by atoms with E-state index >= 15 is 0 Å². The summed E-state index contributed by atoms with van der Waals surface area (Å²) in [5.41, 5.74) is 6.81. The van der Waals surface area contributed by atoms with Gasteiger partial charge in [0.1, 0.15) is 0 Å². The number of amides is 1. The third-order valence-electron chi connectivity index (χ3n) is 3.44. The van der Waals surface area contributed by atoms with Gasteiger partial charge in [-0.2, -0.15) is 0 Å². The molecule has 124 valence electrons. The van der Waals surface area contributed by atoms with Crippen molar-refractivity contribution < 1.29 is 13.2 Å². The lowest BCUT2D eigenvalue weighted by molar-refractivity contribution is -0.118. The van der Waals surface area contributed by atoms with Gasteiger partial charge in [-0.25, -0.2) is 8.42 Å². The quantitative estimate of drug-likeness (QED) is 0.681. The van der Waals surface area contributed by atoms with Gasteiger partial charge in [-0.05, 0) is 30.5 Å². The van der Waals surface area contributed by atoms with Crippen LogP contribution in [0.3, 0.4) is 0 Å². The molecule has 2 atom stereocenters. The lowest BCUT2D eigenvalue weighted by Gasteiger charge is -2.18. The molecule has 22 heavy (non-hydrogen) atoms. The lowest BCUT2D eigenvalue weighted by Crippen LogP contribution is -2.40. The summed E-state index contributed by atoms with van der Waals surface area (Å²) in [6, 6.07) is 5.99. The molecule has 0 aromatic heterocycles. The van der Waals surface area contributed by atoms with Crippen LogP contribution in [0.15, 0.2) is 24.3 Å². The van der Waals surface area contributed by atoms with Gasteiger partial charge in [0.2, 0.25) is 15.9 Å². The molecule has 0 fully saturated rings. The van der Waals surface area contributed by atoms with Gasteiger partial charge in [0, 0.05) is 5.69 Å². The Morgan fingerprint density at radius 3 is 2.50 bits per heavy atom. The van der Waals surface area contributed by atoms with Gasteiger partial charge in [-0.1, -0.05) is 33.3 Å². The van der Waals surface area contributed by atoms with Gasteiger partial charge in [0.15, 0.2) is 0 Å². The molecule has 2 unspecified atom stereocenters. The first-order valence-corrected chi connectivity index (χ1v) is 9.11. The molecule has 1 amide bonds. The maximum absolute atomic E-state index is 12.0. The second-order valence-corrected chi connectivity index (χ2v) is 7.24. The van der Waals surface area contributed by atoms with Crippen molar-refractivity contribution in [1.29, 1.82) is 0 Å². The summed E-state index contributed by atoms with van der Waals surface area (Å²) in [7, 11) is -3.35. The summed E-state index contributed by atoms with van der Waals surface area (Å²) in [5, 5.41) is 2.72. The summed E-state index contributed by atoms with van der Waals surface area (Å²) in [5.74, 6) is -0.142. The second-order valence-electron chi connectivity index (χ2n) is 5.40. The van der Waals surface area contributed by atoms with Crippen molar-refractivity contribution in [2.24, 2.45) is 11.7 Å². The average molecular weight is 327 g/mol. The normalized spacial score (nSPS) is 14.2. The SMILES string of the molecule is CCCS(=O)(=O)Nc1cccc(NC(=O)C(N)C(C)CC)c1. The molecule has 0 saturated heterocycles. The van der Waals surface area contributed by atoms with E-state index in [1.807, 2.05) is 13.8 Å². The van der Waals surface area contributed by atoms with Crippen molar-refractivity contribution >= 4 is 27.3 Å². The number of sulfonamides is 1. The number of anilines is 2. The zero-order chi connectivity index (χ0) is 16.8. The van der Waals surface area contributed by atoms with Crippen LogP contribution in [0, 0.1) is 5.92 Å². The Kier molecular flexibility index (Phi) is 6.83. The number of hydrogen-bond donors (Lipinski definition) is 3. The van der Waals surface area contributed by atoms with E-state index in [2.05, 4.69) is 10.0 Å². The first-order valence-electron chi connectivity index (χ1n) is 7.46. The average Bonchev–Trinajstić information content (AvgIpc) is 2.45. The first-order chi connectivity index (χ1) is 10.3.